The molecule has 1 aromatic heterocycles. The zero-order valence-electron chi connectivity index (χ0n) is 5.60. The molecule has 1 radical (unpaired) electrons. The Bertz CT molecular complexity index is 298. The van der Waals surface area contributed by atoms with Gasteiger partial charge < -0.3 is 9.94 Å². The molecule has 0 fully saturated rings. The first-order valence-corrected chi connectivity index (χ1v) is 3.12. The molecule has 55 valence electrons. The number of ether oxygens (including phenoxy) is 1. The van der Waals surface area contributed by atoms with Crippen LogP contribution in [0.4, 0.5) is 5.69 Å². The number of hydrogen-bond acceptors (Lipinski definition) is 4. The molecule has 0 saturated carbocycles. The number of pyridine rings is 1. The summed E-state index contributed by atoms with van der Waals surface area (Å²) in [5.41, 5.74) is 0.440. The van der Waals surface area contributed by atoms with Crippen molar-refractivity contribution in [3.05, 3.63) is 36.0 Å². The van der Waals surface area contributed by atoms with Gasteiger partial charge in [-0.1, -0.05) is 0 Å². The number of hydroxylamine groups is 1. The second-order valence-electron chi connectivity index (χ2n) is 2.06. The Hall–Kier alpha value is -1.39. The molecule has 0 N–H and O–H groups in total. The summed E-state index contributed by atoms with van der Waals surface area (Å²) >= 11 is 0. The fraction of sp³-hybridized carbons (Fsp3) is 0. The third kappa shape index (κ3) is 0.978. The van der Waals surface area contributed by atoms with Crippen LogP contribution in [-0.2, 0) is 0 Å². The lowest BCUT2D eigenvalue weighted by atomic mass is 10.4. The Labute approximate surface area is 63.3 Å². The number of rotatable bonds is 0. The highest BCUT2D eigenvalue weighted by molar-refractivity contribution is 5.51. The molecule has 0 atom stereocenters. The molecule has 0 aliphatic carbocycles. The molecule has 0 saturated heterocycles. The van der Waals surface area contributed by atoms with E-state index in [0.29, 0.717) is 16.6 Å². The highest BCUT2D eigenvalue weighted by Gasteiger charge is 2.17. The third-order valence-corrected chi connectivity index (χ3v) is 1.36. The van der Waals surface area contributed by atoms with Gasteiger partial charge in [0.1, 0.15) is 0 Å². The molecule has 0 bridgehead atoms. The lowest BCUT2D eigenvalue weighted by Gasteiger charge is -2.13. The molecule has 1 aromatic rings. The van der Waals surface area contributed by atoms with Gasteiger partial charge in [0, 0.05) is 12.3 Å². The Balaban J connectivity index is 2.50. The molecule has 1 aliphatic rings. The van der Waals surface area contributed by atoms with Gasteiger partial charge in [-0.15, -0.1) is 5.06 Å². The van der Waals surface area contributed by atoms with Gasteiger partial charge in [0.25, 0.3) is 5.88 Å². The molecule has 2 rings (SSSR count). The minimum atomic E-state index is 0.352. The molecule has 4 heteroatoms. The predicted octanol–water partition coefficient (Wildman–Crippen LogP) is 1.21. The van der Waals surface area contributed by atoms with Crippen LogP contribution < -0.4 is 9.80 Å². The summed E-state index contributed by atoms with van der Waals surface area (Å²) in [6.45, 7) is 0. The molecular weight excluding hydrogens is 144 g/mol. The Morgan fingerprint density at radius 1 is 1.55 bits per heavy atom. The second-order valence-corrected chi connectivity index (χ2v) is 2.06. The van der Waals surface area contributed by atoms with Crippen molar-refractivity contribution in [1.29, 1.82) is 0 Å². The summed E-state index contributed by atoms with van der Waals surface area (Å²) in [7, 11) is 0. The topological polar surface area (TPSA) is 51.1 Å². The number of fused-ring (bicyclic) bond motifs is 1. The van der Waals surface area contributed by atoms with Gasteiger partial charge in [0.15, 0.2) is 12.5 Å². The van der Waals surface area contributed by atoms with Crippen LogP contribution in [0.25, 0.3) is 0 Å². The summed E-state index contributed by atoms with van der Waals surface area (Å²) in [5.74, 6) is 0.352. The first-order chi connectivity index (χ1) is 5.38. The predicted molar refractivity (Wildman–Crippen MR) is 39.2 cm³/mol. The summed E-state index contributed by atoms with van der Waals surface area (Å²) < 4.78 is 4.96. The van der Waals surface area contributed by atoms with Crippen molar-refractivity contribution >= 4 is 5.69 Å². The normalized spacial score (nSPS) is 15.7. The van der Waals surface area contributed by atoms with Gasteiger partial charge in [0.05, 0.1) is 0 Å². The van der Waals surface area contributed by atoms with Gasteiger partial charge >= 0.3 is 0 Å². The highest BCUT2D eigenvalue weighted by atomic mass is 16.5. The van der Waals surface area contributed by atoms with Crippen LogP contribution in [0, 0.1) is 5.21 Å². The van der Waals surface area contributed by atoms with Crippen LogP contribution in [0.5, 0.6) is 5.88 Å². The number of aromatic nitrogens is 1. The fourth-order valence-corrected chi connectivity index (χ4v) is 0.871. The van der Waals surface area contributed by atoms with Crippen LogP contribution in [0.2, 0.25) is 0 Å². The second kappa shape index (κ2) is 2.34. The maximum Gasteiger partial charge on any atom is 0.288 e. The monoisotopic (exact) mass is 149 g/mol. The minimum absolute atomic E-state index is 0.352. The standard InChI is InChI=1S/C7H5N2O2/c10-9-4-5-11-7-6(9)2-1-3-8-7/h1-5H. The van der Waals surface area contributed by atoms with E-state index in [9.17, 15) is 5.21 Å². The molecule has 4 nitrogen and oxygen atoms in total. The third-order valence-electron chi connectivity index (χ3n) is 1.36. The summed E-state index contributed by atoms with van der Waals surface area (Å²) in [5, 5.41) is 11.7. The van der Waals surface area contributed by atoms with Crippen LogP contribution in [0.1, 0.15) is 0 Å². The average molecular weight is 149 g/mol. The van der Waals surface area contributed by atoms with E-state index in [0.717, 1.165) is 0 Å². The zero-order chi connectivity index (χ0) is 7.68. The molecule has 0 aromatic carbocycles. The van der Waals surface area contributed by atoms with Crippen LogP contribution >= 0.6 is 0 Å². The van der Waals surface area contributed by atoms with Gasteiger partial charge in [-0.2, -0.15) is 0 Å². The average Bonchev–Trinajstić information content (AvgIpc) is 2.06. The number of nitrogens with zero attached hydrogens (tertiary/aromatic N) is 2. The lowest BCUT2D eigenvalue weighted by Crippen LogP contribution is -2.12. The summed E-state index contributed by atoms with van der Waals surface area (Å²) in [6.07, 6.45) is 4.18. The van der Waals surface area contributed by atoms with E-state index in [4.69, 9.17) is 4.74 Å². The van der Waals surface area contributed by atoms with E-state index in [2.05, 4.69) is 4.98 Å². The highest BCUT2D eigenvalue weighted by Crippen LogP contribution is 2.27. The van der Waals surface area contributed by atoms with Gasteiger partial charge in [0.2, 0.25) is 5.69 Å². The number of hydrogen-bond donors (Lipinski definition) is 0. The summed E-state index contributed by atoms with van der Waals surface area (Å²) in [4.78, 5) is 3.85. The molecule has 0 amide bonds. The zero-order valence-corrected chi connectivity index (χ0v) is 5.60. The minimum Gasteiger partial charge on any atom is -0.571 e. The van der Waals surface area contributed by atoms with Gasteiger partial charge in [-0.25, -0.2) is 4.98 Å². The van der Waals surface area contributed by atoms with E-state index in [1.807, 2.05) is 0 Å². The molecule has 2 heterocycles. The van der Waals surface area contributed by atoms with E-state index in [-0.39, 0.29) is 0 Å². The smallest absolute Gasteiger partial charge is 0.288 e. The van der Waals surface area contributed by atoms with Crippen LogP contribution in [0.15, 0.2) is 30.8 Å². The largest absolute Gasteiger partial charge is 0.571 e. The Kier molecular flexibility index (Phi) is 1.34. The number of anilines is 1. The van der Waals surface area contributed by atoms with Crippen molar-refractivity contribution in [2.45, 2.75) is 0 Å². The van der Waals surface area contributed by atoms with Gasteiger partial charge in [-0.3, -0.25) is 0 Å². The first-order valence-electron chi connectivity index (χ1n) is 3.12. The summed E-state index contributed by atoms with van der Waals surface area (Å²) in [6, 6.07) is 3.34. The molecule has 0 spiro atoms. The van der Waals surface area contributed by atoms with E-state index >= 15 is 0 Å². The molecular formula is C7H5N2O2. The Morgan fingerprint density at radius 3 is 3.27 bits per heavy atom. The first kappa shape index (κ1) is 6.33. The van der Waals surface area contributed by atoms with E-state index in [1.165, 1.54) is 12.5 Å². The van der Waals surface area contributed by atoms with E-state index < -0.39 is 0 Å². The van der Waals surface area contributed by atoms with Crippen molar-refractivity contribution in [3.8, 4) is 5.88 Å². The molecule has 1 aliphatic heterocycles. The van der Waals surface area contributed by atoms with Crippen molar-refractivity contribution in [2.75, 3.05) is 0 Å². The van der Waals surface area contributed by atoms with Crippen molar-refractivity contribution in [1.82, 2.24) is 10.0 Å². The van der Waals surface area contributed by atoms with Crippen molar-refractivity contribution in [2.24, 2.45) is 0 Å². The molecule has 0 unspecified atom stereocenters. The SMILES string of the molecule is [O-][N+]1C=COc2ncccc21. The quantitative estimate of drug-likeness (QED) is 0.411. The van der Waals surface area contributed by atoms with E-state index in [1.54, 1.807) is 18.3 Å². The van der Waals surface area contributed by atoms with Crippen LogP contribution in [0.3, 0.4) is 0 Å². The fourth-order valence-electron chi connectivity index (χ4n) is 0.871. The maximum atomic E-state index is 11.0. The van der Waals surface area contributed by atoms with Crippen molar-refractivity contribution < 1.29 is 4.74 Å². The maximum absolute atomic E-state index is 11.0. The Morgan fingerprint density at radius 2 is 2.45 bits per heavy atom. The van der Waals surface area contributed by atoms with Gasteiger partial charge in [-0.05, 0) is 6.07 Å². The lowest BCUT2D eigenvalue weighted by molar-refractivity contribution is 0.438. The molecule has 11 heavy (non-hydrogen) atoms. The van der Waals surface area contributed by atoms with Crippen LogP contribution in [-0.4, -0.2) is 4.98 Å². The van der Waals surface area contributed by atoms with Crippen molar-refractivity contribution in [3.63, 3.8) is 0 Å².